The number of hydrogen-bond acceptors (Lipinski definition) is 2. The van der Waals surface area contributed by atoms with Gasteiger partial charge < -0.3 is 9.80 Å². The van der Waals surface area contributed by atoms with Crippen molar-refractivity contribution in [1.82, 2.24) is 0 Å². The van der Waals surface area contributed by atoms with Gasteiger partial charge in [-0.3, -0.25) is 0 Å². The first kappa shape index (κ1) is 41.1. The molecule has 0 saturated heterocycles. The molecule has 0 amide bonds. The smallest absolute Gasteiger partial charge is 0.0496 e. The van der Waals surface area contributed by atoms with Gasteiger partial charge in [0.1, 0.15) is 0 Å². The Bertz CT molecular complexity index is 2880. The van der Waals surface area contributed by atoms with Gasteiger partial charge in [-0.15, -0.1) is 0 Å². The first-order valence-corrected chi connectivity index (χ1v) is 24.4. The van der Waals surface area contributed by atoms with Crippen LogP contribution in [0.25, 0.3) is 22.3 Å². The van der Waals surface area contributed by atoms with Crippen LogP contribution in [0.2, 0.25) is 0 Å². The molecule has 65 heavy (non-hydrogen) atoms. The lowest BCUT2D eigenvalue weighted by Crippen LogP contribution is -2.18. The number of fused-ring (bicyclic) bond motifs is 3. The summed E-state index contributed by atoms with van der Waals surface area (Å²) >= 11 is 0. The molecular formula is C63H60N2. The standard InChI is InChI=1S/C63H60N2/c1-63(2)59-43-52(48-19-11-6-12-20-48)35-39-57(59)58-40-38-56(44-60(58)63)65(55-36-33-49(34-37-55)47-17-9-4-3-5-10-18-47)62-42-46-26-30-50-29-25-45(27-31-51(62)32-28-46)41-61(50)64(53-21-13-7-14-22-53)54-23-15-8-16-24-54/h6-8,11-16,19-25,28-29,32-44,47H,3-5,9-10,17-18,26-27,30-31H2,1-2H3. The number of aryl methyl sites for hydroxylation is 4. The second kappa shape index (κ2) is 17.7. The Morgan fingerprint density at radius 1 is 0.385 bits per heavy atom. The van der Waals surface area contributed by atoms with Gasteiger partial charge in [-0.2, -0.15) is 0 Å². The predicted molar refractivity (Wildman–Crippen MR) is 275 cm³/mol. The molecule has 0 atom stereocenters. The zero-order valence-corrected chi connectivity index (χ0v) is 38.1. The van der Waals surface area contributed by atoms with E-state index in [-0.39, 0.29) is 5.41 Å². The van der Waals surface area contributed by atoms with Crippen molar-refractivity contribution in [3.05, 3.63) is 227 Å². The van der Waals surface area contributed by atoms with Crippen molar-refractivity contribution >= 4 is 34.1 Å². The molecule has 0 spiro atoms. The van der Waals surface area contributed by atoms with Crippen LogP contribution in [-0.2, 0) is 31.1 Å². The maximum Gasteiger partial charge on any atom is 0.0496 e. The molecule has 6 aliphatic carbocycles. The lowest BCUT2D eigenvalue weighted by atomic mass is 9.81. The molecular weight excluding hydrogens is 785 g/mol. The number of para-hydroxylation sites is 2. The van der Waals surface area contributed by atoms with Gasteiger partial charge in [0, 0.05) is 39.5 Å². The Morgan fingerprint density at radius 2 is 0.862 bits per heavy atom. The molecule has 0 radical (unpaired) electrons. The van der Waals surface area contributed by atoms with Crippen molar-refractivity contribution < 1.29 is 0 Å². The van der Waals surface area contributed by atoms with Crippen LogP contribution < -0.4 is 9.80 Å². The quantitative estimate of drug-likeness (QED) is 0.150. The van der Waals surface area contributed by atoms with E-state index in [1.165, 1.54) is 140 Å². The molecule has 0 aliphatic heterocycles. The number of hydrogen-bond donors (Lipinski definition) is 0. The minimum absolute atomic E-state index is 0.155. The van der Waals surface area contributed by atoms with E-state index in [9.17, 15) is 0 Å². The third-order valence-corrected chi connectivity index (χ3v) is 14.9. The van der Waals surface area contributed by atoms with E-state index in [1.54, 1.807) is 0 Å². The fourth-order valence-corrected chi connectivity index (χ4v) is 11.3. The van der Waals surface area contributed by atoms with Crippen LogP contribution in [0.4, 0.5) is 34.1 Å². The van der Waals surface area contributed by atoms with E-state index < -0.39 is 0 Å². The van der Waals surface area contributed by atoms with Gasteiger partial charge in [0.05, 0.1) is 0 Å². The van der Waals surface area contributed by atoms with Crippen molar-refractivity contribution in [3.8, 4) is 22.3 Å². The third kappa shape index (κ3) is 8.10. The topological polar surface area (TPSA) is 6.48 Å². The Hall–Kier alpha value is -6.64. The monoisotopic (exact) mass is 844 g/mol. The van der Waals surface area contributed by atoms with Crippen molar-refractivity contribution in [2.24, 2.45) is 0 Å². The van der Waals surface area contributed by atoms with Crippen molar-refractivity contribution in [2.45, 2.75) is 95.8 Å². The summed E-state index contributed by atoms with van der Waals surface area (Å²) in [5.41, 5.74) is 22.3. The number of anilines is 6. The molecule has 2 heteroatoms. The highest BCUT2D eigenvalue weighted by Gasteiger charge is 2.36. The molecule has 8 aromatic rings. The second-order valence-corrected chi connectivity index (χ2v) is 19.4. The molecule has 4 bridgehead atoms. The SMILES string of the molecule is CC1(C)c2cc(-c3ccccc3)ccc2-c2ccc(N(c3ccc(C4CCCCCCC4)cc3)c3cc4ccc3CCc3ccc(c(N(c5ccccc5)c5ccccc5)c3)CC4)cc21. The first-order chi connectivity index (χ1) is 32.0. The zero-order chi connectivity index (χ0) is 43.7. The summed E-state index contributed by atoms with van der Waals surface area (Å²) in [6.45, 7) is 4.84. The van der Waals surface area contributed by atoms with E-state index in [1.807, 2.05) is 0 Å². The number of nitrogens with zero attached hydrogens (tertiary/aromatic N) is 2. The molecule has 0 unspecified atom stereocenters. The Balaban J connectivity index is 0.996. The minimum Gasteiger partial charge on any atom is -0.310 e. The summed E-state index contributed by atoms with van der Waals surface area (Å²) in [5, 5.41) is 0. The Morgan fingerprint density at radius 3 is 1.45 bits per heavy atom. The van der Waals surface area contributed by atoms with E-state index in [0.29, 0.717) is 5.92 Å². The van der Waals surface area contributed by atoms with Crippen LogP contribution in [0.5, 0.6) is 0 Å². The van der Waals surface area contributed by atoms with E-state index in [4.69, 9.17) is 0 Å². The highest BCUT2D eigenvalue weighted by Crippen LogP contribution is 2.52. The summed E-state index contributed by atoms with van der Waals surface area (Å²) in [5.74, 6) is 0.651. The number of rotatable bonds is 8. The highest BCUT2D eigenvalue weighted by molar-refractivity contribution is 5.88. The first-order valence-electron chi connectivity index (χ1n) is 24.4. The zero-order valence-electron chi connectivity index (χ0n) is 38.1. The predicted octanol–water partition coefficient (Wildman–Crippen LogP) is 17.3. The number of benzene rings is 8. The van der Waals surface area contributed by atoms with Crippen LogP contribution in [0.3, 0.4) is 0 Å². The van der Waals surface area contributed by atoms with Crippen molar-refractivity contribution in [2.75, 3.05) is 9.80 Å². The average Bonchev–Trinajstić information content (AvgIpc) is 3.56. The fourth-order valence-electron chi connectivity index (χ4n) is 11.3. The molecule has 0 aromatic heterocycles. The maximum atomic E-state index is 2.60. The Kier molecular flexibility index (Phi) is 11.2. The van der Waals surface area contributed by atoms with Gasteiger partial charge in [-0.25, -0.2) is 0 Å². The van der Waals surface area contributed by atoms with Crippen LogP contribution in [0.15, 0.2) is 188 Å². The molecule has 1 fully saturated rings. The minimum atomic E-state index is -0.155. The van der Waals surface area contributed by atoms with Gasteiger partial charge in [-0.1, -0.05) is 167 Å². The molecule has 1 saturated carbocycles. The van der Waals surface area contributed by atoms with Gasteiger partial charge >= 0.3 is 0 Å². The summed E-state index contributed by atoms with van der Waals surface area (Å²) in [7, 11) is 0. The highest BCUT2D eigenvalue weighted by atomic mass is 15.2. The molecule has 8 aromatic carbocycles. The lowest BCUT2D eigenvalue weighted by Gasteiger charge is -2.31. The van der Waals surface area contributed by atoms with E-state index >= 15 is 0 Å². The largest absolute Gasteiger partial charge is 0.310 e. The van der Waals surface area contributed by atoms with Crippen LogP contribution in [0.1, 0.15) is 104 Å². The molecule has 14 rings (SSSR count). The van der Waals surface area contributed by atoms with Crippen LogP contribution >= 0.6 is 0 Å². The van der Waals surface area contributed by atoms with Gasteiger partial charge in [0.15, 0.2) is 0 Å². The van der Waals surface area contributed by atoms with Gasteiger partial charge in [0.2, 0.25) is 0 Å². The van der Waals surface area contributed by atoms with Crippen LogP contribution in [-0.4, -0.2) is 0 Å². The van der Waals surface area contributed by atoms with Crippen molar-refractivity contribution in [3.63, 3.8) is 0 Å². The third-order valence-electron chi connectivity index (χ3n) is 14.9. The summed E-state index contributed by atoms with van der Waals surface area (Å²) in [6, 6.07) is 71.4. The lowest BCUT2D eigenvalue weighted by molar-refractivity contribution is 0.455. The van der Waals surface area contributed by atoms with E-state index in [2.05, 4.69) is 212 Å². The Labute approximate surface area is 387 Å². The van der Waals surface area contributed by atoms with E-state index in [0.717, 1.165) is 25.7 Å². The summed E-state index contributed by atoms with van der Waals surface area (Å²) < 4.78 is 0. The molecule has 0 heterocycles. The molecule has 322 valence electrons. The summed E-state index contributed by atoms with van der Waals surface area (Å²) in [6.07, 6.45) is 13.2. The summed E-state index contributed by atoms with van der Waals surface area (Å²) in [4.78, 5) is 5.05. The van der Waals surface area contributed by atoms with Crippen molar-refractivity contribution in [1.29, 1.82) is 0 Å². The van der Waals surface area contributed by atoms with Crippen LogP contribution in [0, 0.1) is 0 Å². The van der Waals surface area contributed by atoms with Gasteiger partial charge in [0.25, 0.3) is 0 Å². The maximum absolute atomic E-state index is 2.60. The average molecular weight is 845 g/mol. The molecule has 2 nitrogen and oxygen atoms in total. The molecule has 0 N–H and O–H groups in total. The normalized spacial score (nSPS) is 15.5. The second-order valence-electron chi connectivity index (χ2n) is 19.4. The van der Waals surface area contributed by atoms with Gasteiger partial charge in [-0.05, 0) is 172 Å². The fraction of sp³-hybridized carbons (Fsp3) is 0.238. The molecule has 6 aliphatic rings.